The predicted octanol–water partition coefficient (Wildman–Crippen LogP) is 20.3. The molecule has 1 N–H and O–H groups in total. The van der Waals surface area contributed by atoms with E-state index in [-0.39, 0.29) is 32.0 Å². The van der Waals surface area contributed by atoms with E-state index in [1.165, 1.54) is 109 Å². The highest BCUT2D eigenvalue weighted by atomic mass is 31.2. The highest BCUT2D eigenvalue weighted by Gasteiger charge is 2.27. The van der Waals surface area contributed by atoms with E-state index >= 15 is 0 Å². The fourth-order valence-electron chi connectivity index (χ4n) is 8.40. The van der Waals surface area contributed by atoms with Crippen LogP contribution >= 0.6 is 7.82 Å². The molecule has 10 heteroatoms. The fourth-order valence-corrected chi connectivity index (χ4v) is 9.14. The summed E-state index contributed by atoms with van der Waals surface area (Å²) in [6, 6.07) is 0. The number of unbranched alkanes of at least 4 members (excludes halogenated alkanes) is 23. The van der Waals surface area contributed by atoms with E-state index in [4.69, 9.17) is 18.5 Å². The summed E-state index contributed by atoms with van der Waals surface area (Å²) in [5.74, 6) is -0.826. The zero-order valence-electron chi connectivity index (χ0n) is 51.3. The number of esters is 2. The molecule has 452 valence electrons. The minimum Gasteiger partial charge on any atom is -0.462 e. The van der Waals surface area contributed by atoms with Crippen LogP contribution in [0.15, 0.2) is 122 Å². The number of likely N-dealkylation sites (N-methyl/N-ethyl adjacent to an activating group) is 1. The van der Waals surface area contributed by atoms with Gasteiger partial charge in [-0.05, 0) is 89.9 Å². The molecule has 0 bridgehead atoms. The highest BCUT2D eigenvalue weighted by molar-refractivity contribution is 7.47. The van der Waals surface area contributed by atoms with Gasteiger partial charge in [0.25, 0.3) is 0 Å². The normalized spacial score (nSPS) is 14.1. The largest absolute Gasteiger partial charge is 0.472 e. The zero-order valence-corrected chi connectivity index (χ0v) is 52.2. The molecule has 0 aromatic heterocycles. The minimum atomic E-state index is -4.40. The maximum atomic E-state index is 12.8. The van der Waals surface area contributed by atoms with Crippen molar-refractivity contribution in [1.29, 1.82) is 0 Å². The van der Waals surface area contributed by atoms with Crippen LogP contribution in [0.4, 0.5) is 0 Å². The van der Waals surface area contributed by atoms with E-state index in [1.54, 1.807) is 0 Å². The van der Waals surface area contributed by atoms with E-state index in [9.17, 15) is 19.0 Å². The summed E-state index contributed by atoms with van der Waals surface area (Å²) in [4.78, 5) is 35.8. The maximum absolute atomic E-state index is 12.8. The quantitative estimate of drug-likeness (QED) is 0.0211. The van der Waals surface area contributed by atoms with Crippen molar-refractivity contribution in [3.05, 3.63) is 122 Å². The van der Waals surface area contributed by atoms with Crippen LogP contribution in [0.5, 0.6) is 0 Å². The molecule has 0 rings (SSSR count). The van der Waals surface area contributed by atoms with Gasteiger partial charge in [-0.25, -0.2) is 4.57 Å². The van der Waals surface area contributed by atoms with Gasteiger partial charge < -0.3 is 18.9 Å². The van der Waals surface area contributed by atoms with Gasteiger partial charge in [-0.2, -0.15) is 0 Å². The molecule has 2 atom stereocenters. The van der Waals surface area contributed by atoms with Gasteiger partial charge in [0.05, 0.1) is 27.7 Å². The molecule has 0 amide bonds. The molecule has 0 aromatic rings. The second-order valence-electron chi connectivity index (χ2n) is 22.1. The molecule has 0 aliphatic rings. The highest BCUT2D eigenvalue weighted by Crippen LogP contribution is 2.43. The number of ether oxygens (including phenoxy) is 2. The lowest BCUT2D eigenvalue weighted by Gasteiger charge is -2.24. The van der Waals surface area contributed by atoms with Crippen molar-refractivity contribution in [2.45, 2.75) is 258 Å². The van der Waals surface area contributed by atoms with Crippen molar-refractivity contribution in [3.8, 4) is 0 Å². The number of hydrogen-bond donors (Lipinski definition) is 1. The second-order valence-corrected chi connectivity index (χ2v) is 23.5. The average Bonchev–Trinajstić information content (AvgIpc) is 3.41. The first-order chi connectivity index (χ1) is 38.5. The molecule has 0 fully saturated rings. The van der Waals surface area contributed by atoms with Gasteiger partial charge in [-0.1, -0.05) is 270 Å². The van der Waals surface area contributed by atoms with Crippen LogP contribution in [0, 0.1) is 0 Å². The third kappa shape index (κ3) is 63.5. The molecule has 9 nitrogen and oxygen atoms in total. The van der Waals surface area contributed by atoms with E-state index in [0.29, 0.717) is 17.4 Å². The Morgan fingerprint density at radius 2 is 0.722 bits per heavy atom. The Morgan fingerprint density at radius 1 is 0.405 bits per heavy atom. The molecule has 79 heavy (non-hydrogen) atoms. The van der Waals surface area contributed by atoms with Crippen molar-refractivity contribution in [2.24, 2.45) is 0 Å². The molecule has 0 heterocycles. The Hall–Kier alpha value is -3.59. The topological polar surface area (TPSA) is 108 Å². The fraction of sp³-hybridized carbons (Fsp3) is 0.681. The van der Waals surface area contributed by atoms with Crippen LogP contribution in [0.25, 0.3) is 0 Å². The van der Waals surface area contributed by atoms with Gasteiger partial charge in [-0.15, -0.1) is 0 Å². The number of allylic oxidation sites excluding steroid dienone is 20. The number of phosphoric ester groups is 1. The molecule has 0 saturated carbocycles. The average molecular weight is 1120 g/mol. The first-order valence-corrected chi connectivity index (χ1v) is 33.3. The third-order valence-electron chi connectivity index (χ3n) is 13.3. The Kier molecular flexibility index (Phi) is 56.4. The Morgan fingerprint density at radius 3 is 1.08 bits per heavy atom. The molecule has 0 aromatic carbocycles. The monoisotopic (exact) mass is 1120 g/mol. The van der Waals surface area contributed by atoms with Crippen LogP contribution < -0.4 is 0 Å². The van der Waals surface area contributed by atoms with Crippen molar-refractivity contribution < 1.29 is 42.1 Å². The molecular formula is C69H119NO8P+. The van der Waals surface area contributed by atoms with Gasteiger partial charge in [0, 0.05) is 12.8 Å². The predicted molar refractivity (Wildman–Crippen MR) is 339 cm³/mol. The van der Waals surface area contributed by atoms with E-state index < -0.39 is 26.5 Å². The van der Waals surface area contributed by atoms with E-state index in [0.717, 1.165) is 109 Å². The van der Waals surface area contributed by atoms with Gasteiger partial charge >= 0.3 is 19.8 Å². The number of rotatable bonds is 57. The zero-order chi connectivity index (χ0) is 57.7. The van der Waals surface area contributed by atoms with Crippen LogP contribution in [-0.4, -0.2) is 74.9 Å². The minimum absolute atomic E-state index is 0.0215. The lowest BCUT2D eigenvalue weighted by atomic mass is 10.0. The number of carbonyl (C=O) groups excluding carboxylic acids is 2. The summed E-state index contributed by atoms with van der Waals surface area (Å²) in [5, 5.41) is 0. The number of phosphoric acid groups is 1. The lowest BCUT2D eigenvalue weighted by molar-refractivity contribution is -0.870. The smallest absolute Gasteiger partial charge is 0.462 e. The number of quaternary nitrogens is 1. The molecule has 0 aliphatic carbocycles. The first-order valence-electron chi connectivity index (χ1n) is 31.8. The Balaban J connectivity index is 4.21. The lowest BCUT2D eigenvalue weighted by Crippen LogP contribution is -2.37. The van der Waals surface area contributed by atoms with E-state index in [2.05, 4.69) is 135 Å². The molecule has 0 aliphatic heterocycles. The number of carbonyl (C=O) groups is 2. The summed E-state index contributed by atoms with van der Waals surface area (Å²) in [6.07, 6.45) is 84.2. The molecule has 0 spiro atoms. The van der Waals surface area contributed by atoms with Crippen molar-refractivity contribution in [3.63, 3.8) is 0 Å². The van der Waals surface area contributed by atoms with Gasteiger partial charge in [0.15, 0.2) is 6.10 Å². The molecule has 2 unspecified atom stereocenters. The molecule has 0 radical (unpaired) electrons. The van der Waals surface area contributed by atoms with E-state index in [1.807, 2.05) is 21.1 Å². The van der Waals surface area contributed by atoms with Gasteiger partial charge in [0.1, 0.15) is 19.8 Å². The number of hydrogen-bond acceptors (Lipinski definition) is 7. The maximum Gasteiger partial charge on any atom is 0.472 e. The first kappa shape index (κ1) is 75.4. The SMILES string of the molecule is CC/C=C\C/C=C\C/C=C\C/C=C\C/C=C\C/C=C\C/C=C\C/C=C\C/C=C\C/C=C\CCCCCCC(=O)OC(COC(=O)CCCCCCCCCCCCCCCCCCCCCC)COP(=O)(O)OCC[N+](C)(C)C. The summed E-state index contributed by atoms with van der Waals surface area (Å²) in [5.41, 5.74) is 0. The molecular weight excluding hydrogens is 1000 g/mol. The van der Waals surface area contributed by atoms with Crippen molar-refractivity contribution in [2.75, 3.05) is 47.5 Å². The van der Waals surface area contributed by atoms with Crippen molar-refractivity contribution >= 4 is 19.8 Å². The van der Waals surface area contributed by atoms with Crippen LogP contribution in [-0.2, 0) is 32.7 Å². The summed E-state index contributed by atoms with van der Waals surface area (Å²) in [7, 11) is 1.45. The van der Waals surface area contributed by atoms with Gasteiger partial charge in [0.2, 0.25) is 0 Å². The van der Waals surface area contributed by atoms with Crippen molar-refractivity contribution in [1.82, 2.24) is 0 Å². The second kappa shape index (κ2) is 59.0. The van der Waals surface area contributed by atoms with Gasteiger partial charge in [-0.3, -0.25) is 18.6 Å². The van der Waals surface area contributed by atoms with Crippen LogP contribution in [0.1, 0.15) is 251 Å². The summed E-state index contributed by atoms with van der Waals surface area (Å²) < 4.78 is 34.6. The van der Waals surface area contributed by atoms with Crippen LogP contribution in [0.2, 0.25) is 0 Å². The third-order valence-corrected chi connectivity index (χ3v) is 14.2. The van der Waals surface area contributed by atoms with Crippen LogP contribution in [0.3, 0.4) is 0 Å². The molecule has 0 saturated heterocycles. The Labute approximate surface area is 486 Å². The Bertz CT molecular complexity index is 1750. The summed E-state index contributed by atoms with van der Waals surface area (Å²) >= 11 is 0. The summed E-state index contributed by atoms with van der Waals surface area (Å²) in [6.45, 7) is 4.30. The standard InChI is InChI=1S/C69H118NO8P/c1-6-8-10-12-14-16-18-20-22-24-26-28-29-30-31-32-33-34-35-36-37-38-39-40-41-42-44-46-48-50-52-54-56-58-60-62-69(72)78-67(66-77-79(73,74)76-64-63-70(3,4)5)65-75-68(71)61-59-57-55-53-51-49-47-45-43-27-25-23-21-19-17-15-13-11-9-7-2/h8,10,14,16,20,22,26,28,30-31,33-34,36-37,39-40,42,44,48,50,67H,6-7,9,11-13,15,17-19,21,23-25,27,29,32,35,38,41,43,45-47,49,51-66H2,1-5H3/p+1/b10-8-,16-14-,22-20-,28-26-,31-30-,34-33-,37-36-,40-39-,44-42-,50-48-. The number of nitrogens with zero attached hydrogens (tertiary/aromatic N) is 1.